The van der Waals surface area contributed by atoms with Crippen LogP contribution in [0.1, 0.15) is 22.7 Å². The number of nitrogens with two attached hydrogens (primary N) is 1. The van der Waals surface area contributed by atoms with Crippen molar-refractivity contribution >= 4 is 15.9 Å². The van der Waals surface area contributed by atoms with E-state index in [-0.39, 0.29) is 5.82 Å². The van der Waals surface area contributed by atoms with Crippen molar-refractivity contribution in [2.75, 3.05) is 0 Å². The van der Waals surface area contributed by atoms with Gasteiger partial charge < -0.3 is 5.73 Å². The first-order valence-corrected chi connectivity index (χ1v) is 6.25. The van der Waals surface area contributed by atoms with Gasteiger partial charge in [-0.3, -0.25) is 0 Å². The molecule has 1 nitrogen and oxygen atoms in total. The zero-order valence-corrected chi connectivity index (χ0v) is 11.3. The fourth-order valence-electron chi connectivity index (χ4n) is 1.78. The Morgan fingerprint density at radius 3 is 2.44 bits per heavy atom. The standard InChI is InChI=1S/C14H12BrF2N/c1-8-5-6-9(7-12(8)17)14(18)13-10(15)3-2-4-11(13)16/h2-7,14H,18H2,1H3. The molecule has 0 radical (unpaired) electrons. The van der Waals surface area contributed by atoms with E-state index in [0.29, 0.717) is 21.2 Å². The van der Waals surface area contributed by atoms with Crippen molar-refractivity contribution in [3.63, 3.8) is 0 Å². The van der Waals surface area contributed by atoms with E-state index in [4.69, 9.17) is 5.73 Å². The number of hydrogen-bond donors (Lipinski definition) is 1. The highest BCUT2D eigenvalue weighted by atomic mass is 79.9. The molecule has 0 aliphatic carbocycles. The highest BCUT2D eigenvalue weighted by Crippen LogP contribution is 2.29. The minimum absolute atomic E-state index is 0.334. The predicted octanol–water partition coefficient (Wildman–Crippen LogP) is 4.08. The lowest BCUT2D eigenvalue weighted by Gasteiger charge is -2.15. The molecule has 0 saturated carbocycles. The quantitative estimate of drug-likeness (QED) is 0.888. The summed E-state index contributed by atoms with van der Waals surface area (Å²) in [5.74, 6) is -0.742. The first-order valence-electron chi connectivity index (χ1n) is 5.46. The normalized spacial score (nSPS) is 12.5. The topological polar surface area (TPSA) is 26.0 Å². The highest BCUT2D eigenvalue weighted by Gasteiger charge is 2.17. The summed E-state index contributed by atoms with van der Waals surface area (Å²) in [7, 11) is 0. The van der Waals surface area contributed by atoms with E-state index in [1.165, 1.54) is 12.1 Å². The second kappa shape index (κ2) is 5.16. The van der Waals surface area contributed by atoms with Crippen LogP contribution >= 0.6 is 15.9 Å². The van der Waals surface area contributed by atoms with Gasteiger partial charge in [-0.05, 0) is 36.2 Å². The van der Waals surface area contributed by atoms with Crippen molar-refractivity contribution in [3.8, 4) is 0 Å². The van der Waals surface area contributed by atoms with Gasteiger partial charge in [-0.25, -0.2) is 8.78 Å². The van der Waals surface area contributed by atoms with Crippen molar-refractivity contribution in [1.29, 1.82) is 0 Å². The van der Waals surface area contributed by atoms with Crippen molar-refractivity contribution in [3.05, 3.63) is 69.2 Å². The zero-order valence-electron chi connectivity index (χ0n) is 9.75. The molecular weight excluding hydrogens is 300 g/mol. The second-order valence-corrected chi connectivity index (χ2v) is 4.98. The van der Waals surface area contributed by atoms with Crippen molar-refractivity contribution in [1.82, 2.24) is 0 Å². The Kier molecular flexibility index (Phi) is 3.78. The predicted molar refractivity (Wildman–Crippen MR) is 71.3 cm³/mol. The van der Waals surface area contributed by atoms with E-state index in [2.05, 4.69) is 15.9 Å². The highest BCUT2D eigenvalue weighted by molar-refractivity contribution is 9.10. The van der Waals surface area contributed by atoms with Gasteiger partial charge in [0.2, 0.25) is 0 Å². The van der Waals surface area contributed by atoms with Gasteiger partial charge in [0.1, 0.15) is 11.6 Å². The summed E-state index contributed by atoms with van der Waals surface area (Å²) < 4.78 is 27.8. The summed E-state index contributed by atoms with van der Waals surface area (Å²) >= 11 is 3.26. The SMILES string of the molecule is Cc1ccc(C(N)c2c(F)cccc2Br)cc1F. The molecule has 0 aliphatic heterocycles. The lowest BCUT2D eigenvalue weighted by Crippen LogP contribution is -2.14. The Morgan fingerprint density at radius 2 is 1.83 bits per heavy atom. The van der Waals surface area contributed by atoms with Gasteiger partial charge in [0, 0.05) is 10.0 Å². The van der Waals surface area contributed by atoms with Crippen molar-refractivity contribution in [2.24, 2.45) is 5.73 Å². The Hall–Kier alpha value is -1.26. The first-order chi connectivity index (χ1) is 8.50. The number of hydrogen-bond acceptors (Lipinski definition) is 1. The Bertz CT molecular complexity index is 564. The summed E-state index contributed by atoms with van der Waals surface area (Å²) in [5, 5.41) is 0. The molecule has 2 aromatic rings. The van der Waals surface area contributed by atoms with Crippen LogP contribution < -0.4 is 5.73 Å². The van der Waals surface area contributed by atoms with Gasteiger partial charge in [-0.15, -0.1) is 0 Å². The maximum Gasteiger partial charge on any atom is 0.129 e. The largest absolute Gasteiger partial charge is 0.320 e. The number of benzene rings is 2. The summed E-state index contributed by atoms with van der Waals surface area (Å²) in [6.45, 7) is 1.67. The van der Waals surface area contributed by atoms with E-state index in [1.807, 2.05) is 0 Å². The molecule has 1 unspecified atom stereocenters. The third kappa shape index (κ3) is 2.44. The second-order valence-electron chi connectivity index (χ2n) is 4.12. The molecule has 1 atom stereocenters. The smallest absolute Gasteiger partial charge is 0.129 e. The molecule has 0 saturated heterocycles. The molecule has 2 rings (SSSR count). The number of aryl methyl sites for hydroxylation is 1. The van der Waals surface area contributed by atoms with Crippen LogP contribution in [0.2, 0.25) is 0 Å². The monoisotopic (exact) mass is 311 g/mol. The van der Waals surface area contributed by atoms with Crippen LogP contribution in [0, 0.1) is 18.6 Å². The van der Waals surface area contributed by atoms with Crippen LogP contribution in [-0.4, -0.2) is 0 Å². The molecule has 18 heavy (non-hydrogen) atoms. The summed E-state index contributed by atoms with van der Waals surface area (Å²) in [5.41, 5.74) is 7.42. The molecule has 0 fully saturated rings. The van der Waals surface area contributed by atoms with Crippen LogP contribution in [0.15, 0.2) is 40.9 Å². The molecule has 0 aliphatic rings. The first kappa shape index (κ1) is 13.2. The van der Waals surface area contributed by atoms with E-state index < -0.39 is 11.9 Å². The summed E-state index contributed by atoms with van der Waals surface area (Å²) in [4.78, 5) is 0. The molecule has 0 amide bonds. The Labute approximate surface area is 113 Å². The van der Waals surface area contributed by atoms with Gasteiger partial charge in [0.05, 0.1) is 6.04 Å². The fourth-order valence-corrected chi connectivity index (χ4v) is 2.37. The maximum absolute atomic E-state index is 13.8. The molecule has 0 heterocycles. The van der Waals surface area contributed by atoms with Gasteiger partial charge in [0.15, 0.2) is 0 Å². The summed E-state index contributed by atoms with van der Waals surface area (Å²) in [6.07, 6.45) is 0. The van der Waals surface area contributed by atoms with Gasteiger partial charge in [-0.1, -0.05) is 34.1 Å². The van der Waals surface area contributed by atoms with Gasteiger partial charge >= 0.3 is 0 Å². The van der Waals surface area contributed by atoms with E-state index in [9.17, 15) is 8.78 Å². The minimum Gasteiger partial charge on any atom is -0.320 e. The average Bonchev–Trinajstić information content (AvgIpc) is 2.32. The molecule has 0 spiro atoms. The summed E-state index contributed by atoms with van der Waals surface area (Å²) in [6, 6.07) is 8.63. The van der Waals surface area contributed by atoms with Gasteiger partial charge in [-0.2, -0.15) is 0 Å². The molecule has 0 aromatic heterocycles. The maximum atomic E-state index is 13.8. The molecular formula is C14H12BrF2N. The van der Waals surface area contributed by atoms with Gasteiger partial charge in [0.25, 0.3) is 0 Å². The molecule has 4 heteroatoms. The Morgan fingerprint density at radius 1 is 1.11 bits per heavy atom. The number of halogens is 3. The fraction of sp³-hybridized carbons (Fsp3) is 0.143. The average molecular weight is 312 g/mol. The molecule has 94 valence electrons. The third-order valence-corrected chi connectivity index (χ3v) is 3.56. The molecule has 0 bridgehead atoms. The van der Waals surface area contributed by atoms with Crippen LogP contribution in [0.4, 0.5) is 8.78 Å². The lowest BCUT2D eigenvalue weighted by atomic mass is 9.98. The molecule has 2 aromatic carbocycles. The zero-order chi connectivity index (χ0) is 13.3. The van der Waals surface area contributed by atoms with Crippen molar-refractivity contribution in [2.45, 2.75) is 13.0 Å². The van der Waals surface area contributed by atoms with Crippen LogP contribution in [0.3, 0.4) is 0 Å². The van der Waals surface area contributed by atoms with E-state index >= 15 is 0 Å². The minimum atomic E-state index is -0.698. The molecule has 2 N–H and O–H groups in total. The number of rotatable bonds is 2. The van der Waals surface area contributed by atoms with Crippen LogP contribution in [-0.2, 0) is 0 Å². The van der Waals surface area contributed by atoms with E-state index in [0.717, 1.165) is 0 Å². The van der Waals surface area contributed by atoms with Crippen LogP contribution in [0.25, 0.3) is 0 Å². The third-order valence-electron chi connectivity index (χ3n) is 2.87. The lowest BCUT2D eigenvalue weighted by molar-refractivity contribution is 0.592. The Balaban J connectivity index is 2.48. The van der Waals surface area contributed by atoms with E-state index in [1.54, 1.807) is 31.2 Å². The van der Waals surface area contributed by atoms with Crippen molar-refractivity contribution < 1.29 is 8.78 Å². The van der Waals surface area contributed by atoms with Crippen LogP contribution in [0.5, 0.6) is 0 Å².